The number of morpholine rings is 1. The van der Waals surface area contributed by atoms with Gasteiger partial charge in [0.1, 0.15) is 5.82 Å². The van der Waals surface area contributed by atoms with Gasteiger partial charge in [0, 0.05) is 26.6 Å². The topological polar surface area (TPSA) is 65.6 Å². The van der Waals surface area contributed by atoms with Gasteiger partial charge in [0.15, 0.2) is 0 Å². The fraction of sp³-hybridized carbons (Fsp3) is 0.750. The van der Waals surface area contributed by atoms with Gasteiger partial charge in [0.05, 0.1) is 13.2 Å². The highest BCUT2D eigenvalue weighted by atomic mass is 16.5. The SMILES string of the molecule is C/C=C(\NNC)NC(=O)CCCN1CCOCC1. The van der Waals surface area contributed by atoms with Gasteiger partial charge >= 0.3 is 0 Å². The van der Waals surface area contributed by atoms with Crippen molar-refractivity contribution in [2.45, 2.75) is 19.8 Å². The molecule has 0 aromatic heterocycles. The number of amides is 1. The highest BCUT2D eigenvalue weighted by molar-refractivity contribution is 5.77. The van der Waals surface area contributed by atoms with Crippen molar-refractivity contribution in [3.63, 3.8) is 0 Å². The van der Waals surface area contributed by atoms with E-state index in [1.165, 1.54) is 0 Å². The molecule has 18 heavy (non-hydrogen) atoms. The highest BCUT2D eigenvalue weighted by Gasteiger charge is 2.10. The first-order valence-corrected chi connectivity index (χ1v) is 6.45. The first kappa shape index (κ1) is 14.9. The van der Waals surface area contributed by atoms with E-state index in [4.69, 9.17) is 4.74 Å². The number of nitrogens with one attached hydrogen (secondary N) is 3. The van der Waals surface area contributed by atoms with Crippen LogP contribution in [0, 0.1) is 0 Å². The summed E-state index contributed by atoms with van der Waals surface area (Å²) in [5.74, 6) is 0.730. The Hall–Kier alpha value is -1.11. The molecule has 1 amide bonds. The maximum atomic E-state index is 11.7. The second kappa shape index (κ2) is 8.91. The Morgan fingerprint density at radius 1 is 1.39 bits per heavy atom. The molecule has 1 aliphatic heterocycles. The quantitative estimate of drug-likeness (QED) is 0.551. The van der Waals surface area contributed by atoms with E-state index >= 15 is 0 Å². The fourth-order valence-corrected chi connectivity index (χ4v) is 1.81. The molecular weight excluding hydrogens is 232 g/mol. The number of carbonyl (C=O) groups excluding carboxylic acids is 1. The molecule has 104 valence electrons. The van der Waals surface area contributed by atoms with Crippen LogP contribution in [0.2, 0.25) is 0 Å². The molecule has 0 aromatic carbocycles. The van der Waals surface area contributed by atoms with Crippen molar-refractivity contribution in [2.24, 2.45) is 0 Å². The van der Waals surface area contributed by atoms with Crippen LogP contribution in [0.3, 0.4) is 0 Å². The van der Waals surface area contributed by atoms with Gasteiger partial charge in [-0.25, -0.2) is 5.43 Å². The van der Waals surface area contributed by atoms with E-state index in [0.29, 0.717) is 12.2 Å². The molecule has 6 nitrogen and oxygen atoms in total. The molecule has 0 aliphatic carbocycles. The fourth-order valence-electron chi connectivity index (χ4n) is 1.81. The molecule has 0 bridgehead atoms. The third kappa shape index (κ3) is 6.00. The predicted octanol–water partition coefficient (Wildman–Crippen LogP) is -0.200. The van der Waals surface area contributed by atoms with Crippen LogP contribution in [0.25, 0.3) is 0 Å². The van der Waals surface area contributed by atoms with Gasteiger partial charge < -0.3 is 15.5 Å². The summed E-state index contributed by atoms with van der Waals surface area (Å²) in [6, 6.07) is 0. The monoisotopic (exact) mass is 256 g/mol. The van der Waals surface area contributed by atoms with E-state index in [2.05, 4.69) is 21.1 Å². The largest absolute Gasteiger partial charge is 0.379 e. The number of rotatable bonds is 7. The Morgan fingerprint density at radius 3 is 2.72 bits per heavy atom. The van der Waals surface area contributed by atoms with Crippen LogP contribution in [0.1, 0.15) is 19.8 Å². The van der Waals surface area contributed by atoms with Gasteiger partial charge in [-0.3, -0.25) is 9.69 Å². The summed E-state index contributed by atoms with van der Waals surface area (Å²) in [5, 5.41) is 2.81. The molecule has 1 rings (SSSR count). The molecule has 1 fully saturated rings. The van der Waals surface area contributed by atoms with E-state index in [1.54, 1.807) is 7.05 Å². The number of allylic oxidation sites excluding steroid dienone is 1. The van der Waals surface area contributed by atoms with Crippen molar-refractivity contribution in [1.82, 2.24) is 21.1 Å². The minimum Gasteiger partial charge on any atom is -0.379 e. The van der Waals surface area contributed by atoms with Crippen LogP contribution in [0.5, 0.6) is 0 Å². The summed E-state index contributed by atoms with van der Waals surface area (Å²) in [4.78, 5) is 14.0. The Morgan fingerprint density at radius 2 is 2.11 bits per heavy atom. The lowest BCUT2D eigenvalue weighted by atomic mass is 10.2. The first-order chi connectivity index (χ1) is 8.76. The van der Waals surface area contributed by atoms with Crippen LogP contribution in [-0.4, -0.2) is 50.7 Å². The van der Waals surface area contributed by atoms with E-state index in [9.17, 15) is 4.79 Å². The summed E-state index contributed by atoms with van der Waals surface area (Å²) in [7, 11) is 1.76. The lowest BCUT2D eigenvalue weighted by Gasteiger charge is -2.26. The molecule has 0 unspecified atom stereocenters. The number of hydrogen-bond donors (Lipinski definition) is 3. The van der Waals surface area contributed by atoms with E-state index in [-0.39, 0.29) is 5.91 Å². The Balaban J connectivity index is 2.12. The van der Waals surface area contributed by atoms with E-state index in [0.717, 1.165) is 39.3 Å². The first-order valence-electron chi connectivity index (χ1n) is 6.45. The molecule has 6 heteroatoms. The lowest BCUT2D eigenvalue weighted by molar-refractivity contribution is -0.120. The summed E-state index contributed by atoms with van der Waals surface area (Å²) in [5.41, 5.74) is 5.63. The third-order valence-electron chi connectivity index (χ3n) is 2.80. The van der Waals surface area contributed by atoms with Gasteiger partial charge in [-0.2, -0.15) is 0 Å². The van der Waals surface area contributed by atoms with E-state index in [1.807, 2.05) is 13.0 Å². The smallest absolute Gasteiger partial charge is 0.225 e. The molecule has 0 radical (unpaired) electrons. The Bertz CT molecular complexity index is 275. The number of nitrogens with zero attached hydrogens (tertiary/aromatic N) is 1. The zero-order valence-corrected chi connectivity index (χ0v) is 11.3. The molecule has 3 N–H and O–H groups in total. The van der Waals surface area contributed by atoms with Crippen molar-refractivity contribution in [1.29, 1.82) is 0 Å². The predicted molar refractivity (Wildman–Crippen MR) is 70.6 cm³/mol. The van der Waals surface area contributed by atoms with Crippen molar-refractivity contribution in [3.8, 4) is 0 Å². The summed E-state index contributed by atoms with van der Waals surface area (Å²) in [6.45, 7) is 6.39. The molecule has 0 aromatic rings. The van der Waals surface area contributed by atoms with Crippen molar-refractivity contribution in [3.05, 3.63) is 11.9 Å². The molecular formula is C12H24N4O2. The van der Waals surface area contributed by atoms with Crippen LogP contribution in [0.4, 0.5) is 0 Å². The van der Waals surface area contributed by atoms with Crippen LogP contribution in [-0.2, 0) is 9.53 Å². The zero-order chi connectivity index (χ0) is 13.2. The van der Waals surface area contributed by atoms with Crippen molar-refractivity contribution >= 4 is 5.91 Å². The van der Waals surface area contributed by atoms with E-state index < -0.39 is 0 Å². The second-order valence-corrected chi connectivity index (χ2v) is 4.18. The van der Waals surface area contributed by atoms with Crippen LogP contribution in [0.15, 0.2) is 11.9 Å². The lowest BCUT2D eigenvalue weighted by Crippen LogP contribution is -2.39. The zero-order valence-electron chi connectivity index (χ0n) is 11.3. The summed E-state index contributed by atoms with van der Waals surface area (Å²) in [6.07, 6.45) is 3.23. The third-order valence-corrected chi connectivity index (χ3v) is 2.80. The molecule has 1 heterocycles. The van der Waals surface area contributed by atoms with Gasteiger partial charge in [-0.05, 0) is 26.0 Å². The Labute approximate surface area is 109 Å². The van der Waals surface area contributed by atoms with Gasteiger partial charge in [0.2, 0.25) is 5.91 Å². The minimum atomic E-state index is 0.0408. The number of hydrogen-bond acceptors (Lipinski definition) is 5. The Kier molecular flexibility index (Phi) is 7.40. The second-order valence-electron chi connectivity index (χ2n) is 4.18. The van der Waals surface area contributed by atoms with Gasteiger partial charge in [0.25, 0.3) is 0 Å². The number of hydrazine groups is 1. The maximum Gasteiger partial charge on any atom is 0.225 e. The summed E-state index contributed by atoms with van der Waals surface area (Å²) >= 11 is 0. The molecule has 0 spiro atoms. The normalized spacial score (nSPS) is 17.6. The summed E-state index contributed by atoms with van der Waals surface area (Å²) < 4.78 is 5.28. The van der Waals surface area contributed by atoms with Gasteiger partial charge in [-0.1, -0.05) is 0 Å². The van der Waals surface area contributed by atoms with Crippen LogP contribution >= 0.6 is 0 Å². The molecule has 0 atom stereocenters. The highest BCUT2D eigenvalue weighted by Crippen LogP contribution is 2.00. The number of carbonyl (C=O) groups is 1. The van der Waals surface area contributed by atoms with Gasteiger partial charge in [-0.15, -0.1) is 0 Å². The number of ether oxygens (including phenoxy) is 1. The molecule has 1 aliphatic rings. The average molecular weight is 256 g/mol. The minimum absolute atomic E-state index is 0.0408. The molecule has 0 saturated carbocycles. The average Bonchev–Trinajstić information content (AvgIpc) is 2.39. The van der Waals surface area contributed by atoms with Crippen molar-refractivity contribution < 1.29 is 9.53 Å². The van der Waals surface area contributed by atoms with Crippen molar-refractivity contribution in [2.75, 3.05) is 39.9 Å². The maximum absolute atomic E-state index is 11.7. The standard InChI is InChI=1S/C12H24N4O2/c1-3-11(15-13-2)14-12(17)5-4-6-16-7-9-18-10-8-16/h3,13,15H,4-10H2,1-2H3,(H,14,17)/b11-3-. The molecule has 1 saturated heterocycles. The van der Waals surface area contributed by atoms with Crippen LogP contribution < -0.4 is 16.2 Å².